The van der Waals surface area contributed by atoms with Crippen LogP contribution in [-0.2, 0) is 0 Å². The highest BCUT2D eigenvalue weighted by molar-refractivity contribution is 6.31. The smallest absolute Gasteiger partial charge is 0.167 e. The Hall–Kier alpha value is -1.35. The number of aromatic nitrogens is 1. The second-order valence-electron chi connectivity index (χ2n) is 2.63. The van der Waals surface area contributed by atoms with Crippen molar-refractivity contribution in [2.75, 3.05) is 0 Å². The van der Waals surface area contributed by atoms with E-state index >= 15 is 0 Å². The second-order valence-corrected chi connectivity index (χ2v) is 3.03. The number of rotatable bonds is 0. The Kier molecular flexibility index (Phi) is 1.81. The first-order valence-corrected chi connectivity index (χ1v) is 3.99. The number of aromatic hydroxyl groups is 1. The average molecular weight is 198 g/mol. The van der Waals surface area contributed by atoms with Crippen LogP contribution in [0.3, 0.4) is 0 Å². The standard InChI is InChI=1S/C9H5ClFNO/c10-7-2-1-5-3-6(13)4-12-9(5)8(7)11/h1-4,13H. The third-order valence-electron chi connectivity index (χ3n) is 1.73. The summed E-state index contributed by atoms with van der Waals surface area (Å²) in [6, 6.07) is 4.47. The lowest BCUT2D eigenvalue weighted by Gasteiger charge is -2.00. The summed E-state index contributed by atoms with van der Waals surface area (Å²) in [7, 11) is 0. The first kappa shape index (κ1) is 8.26. The van der Waals surface area contributed by atoms with Crippen molar-refractivity contribution in [1.82, 2.24) is 4.98 Å². The normalized spacial score (nSPS) is 10.6. The molecule has 2 aromatic rings. The fraction of sp³-hybridized carbons (Fsp3) is 0. The average Bonchev–Trinajstić information content (AvgIpc) is 2.12. The summed E-state index contributed by atoms with van der Waals surface area (Å²) >= 11 is 5.55. The minimum Gasteiger partial charge on any atom is -0.506 e. The van der Waals surface area contributed by atoms with Crippen molar-refractivity contribution in [3.05, 3.63) is 35.2 Å². The summed E-state index contributed by atoms with van der Waals surface area (Å²) in [5.74, 6) is -0.548. The Labute approximate surface area is 78.6 Å². The molecule has 0 atom stereocenters. The molecule has 4 heteroatoms. The lowest BCUT2D eigenvalue weighted by molar-refractivity contribution is 0.473. The third-order valence-corrected chi connectivity index (χ3v) is 2.02. The molecule has 0 aliphatic carbocycles. The Morgan fingerprint density at radius 2 is 2.15 bits per heavy atom. The van der Waals surface area contributed by atoms with Crippen LogP contribution in [0, 0.1) is 5.82 Å². The second kappa shape index (κ2) is 2.85. The van der Waals surface area contributed by atoms with Crippen LogP contribution < -0.4 is 0 Å². The molecule has 0 aliphatic rings. The molecule has 0 unspecified atom stereocenters. The summed E-state index contributed by atoms with van der Waals surface area (Å²) < 4.78 is 13.3. The van der Waals surface area contributed by atoms with E-state index in [9.17, 15) is 4.39 Å². The molecule has 0 aliphatic heterocycles. The molecule has 0 spiro atoms. The van der Waals surface area contributed by atoms with Gasteiger partial charge in [0, 0.05) is 5.39 Å². The van der Waals surface area contributed by atoms with Crippen molar-refractivity contribution in [3.8, 4) is 5.75 Å². The molecule has 1 N–H and O–H groups in total. The SMILES string of the molecule is Oc1cnc2c(F)c(Cl)ccc2c1. The zero-order valence-corrected chi connectivity index (χ0v) is 7.22. The van der Waals surface area contributed by atoms with E-state index in [1.54, 1.807) is 6.07 Å². The maximum atomic E-state index is 13.3. The van der Waals surface area contributed by atoms with E-state index in [1.807, 2.05) is 0 Å². The van der Waals surface area contributed by atoms with Gasteiger partial charge in [0.1, 0.15) is 11.3 Å². The van der Waals surface area contributed by atoms with Crippen molar-refractivity contribution >= 4 is 22.5 Å². The summed E-state index contributed by atoms with van der Waals surface area (Å²) in [6.07, 6.45) is 1.18. The molecule has 13 heavy (non-hydrogen) atoms. The Morgan fingerprint density at radius 1 is 1.38 bits per heavy atom. The quantitative estimate of drug-likeness (QED) is 0.705. The van der Waals surface area contributed by atoms with Gasteiger partial charge in [-0.2, -0.15) is 0 Å². The van der Waals surface area contributed by atoms with Crippen LogP contribution in [0.1, 0.15) is 0 Å². The van der Waals surface area contributed by atoms with E-state index in [1.165, 1.54) is 18.3 Å². The van der Waals surface area contributed by atoms with Gasteiger partial charge in [0.25, 0.3) is 0 Å². The minimum absolute atomic E-state index is 0.00854. The fourth-order valence-corrected chi connectivity index (χ4v) is 1.28. The summed E-state index contributed by atoms with van der Waals surface area (Å²) in [5, 5.41) is 9.64. The van der Waals surface area contributed by atoms with Crippen LogP contribution in [-0.4, -0.2) is 10.1 Å². The van der Waals surface area contributed by atoms with Gasteiger partial charge in [0.2, 0.25) is 0 Å². The van der Waals surface area contributed by atoms with E-state index in [-0.39, 0.29) is 16.3 Å². The van der Waals surface area contributed by atoms with Gasteiger partial charge in [-0.15, -0.1) is 0 Å². The summed E-state index contributed by atoms with van der Waals surface area (Å²) in [5.41, 5.74) is 0.172. The number of benzene rings is 1. The largest absolute Gasteiger partial charge is 0.506 e. The van der Waals surface area contributed by atoms with E-state index in [0.29, 0.717) is 5.39 Å². The van der Waals surface area contributed by atoms with Gasteiger partial charge in [0.15, 0.2) is 5.82 Å². The molecule has 0 radical (unpaired) electrons. The molecular weight excluding hydrogens is 193 g/mol. The van der Waals surface area contributed by atoms with Crippen LogP contribution in [0.4, 0.5) is 4.39 Å². The Morgan fingerprint density at radius 3 is 2.92 bits per heavy atom. The lowest BCUT2D eigenvalue weighted by Crippen LogP contribution is -1.84. The van der Waals surface area contributed by atoms with E-state index < -0.39 is 5.82 Å². The summed E-state index contributed by atoms with van der Waals surface area (Å²) in [6.45, 7) is 0. The van der Waals surface area contributed by atoms with Gasteiger partial charge in [-0.3, -0.25) is 0 Å². The van der Waals surface area contributed by atoms with Gasteiger partial charge in [-0.05, 0) is 12.1 Å². The molecule has 0 fully saturated rings. The molecule has 1 heterocycles. The zero-order chi connectivity index (χ0) is 9.42. The zero-order valence-electron chi connectivity index (χ0n) is 6.46. The molecular formula is C9H5ClFNO. The van der Waals surface area contributed by atoms with Gasteiger partial charge >= 0.3 is 0 Å². The van der Waals surface area contributed by atoms with Gasteiger partial charge in [-0.25, -0.2) is 9.37 Å². The molecule has 1 aromatic carbocycles. The fourth-order valence-electron chi connectivity index (χ4n) is 1.13. The number of pyridine rings is 1. The lowest BCUT2D eigenvalue weighted by atomic mass is 10.2. The van der Waals surface area contributed by atoms with Crippen molar-refractivity contribution in [2.45, 2.75) is 0 Å². The molecule has 1 aromatic heterocycles. The number of hydrogen-bond acceptors (Lipinski definition) is 2. The van der Waals surface area contributed by atoms with Gasteiger partial charge in [-0.1, -0.05) is 17.7 Å². The molecule has 0 saturated carbocycles. The molecule has 2 nitrogen and oxygen atoms in total. The van der Waals surface area contributed by atoms with Crippen LogP contribution in [0.25, 0.3) is 10.9 Å². The molecule has 0 saturated heterocycles. The van der Waals surface area contributed by atoms with Crippen molar-refractivity contribution < 1.29 is 9.50 Å². The number of halogens is 2. The Balaban J connectivity index is 2.87. The first-order valence-electron chi connectivity index (χ1n) is 3.61. The predicted molar refractivity (Wildman–Crippen MR) is 48.4 cm³/mol. The van der Waals surface area contributed by atoms with Crippen LogP contribution >= 0.6 is 11.6 Å². The number of fused-ring (bicyclic) bond motifs is 1. The maximum absolute atomic E-state index is 13.3. The van der Waals surface area contributed by atoms with E-state index in [0.717, 1.165) is 0 Å². The maximum Gasteiger partial charge on any atom is 0.167 e. The predicted octanol–water partition coefficient (Wildman–Crippen LogP) is 2.73. The number of nitrogens with zero attached hydrogens (tertiary/aromatic N) is 1. The van der Waals surface area contributed by atoms with E-state index in [4.69, 9.17) is 16.7 Å². The van der Waals surface area contributed by atoms with Crippen molar-refractivity contribution in [1.29, 1.82) is 0 Å². The first-order chi connectivity index (χ1) is 6.18. The molecule has 0 amide bonds. The van der Waals surface area contributed by atoms with Crippen molar-refractivity contribution in [2.24, 2.45) is 0 Å². The summed E-state index contributed by atoms with van der Waals surface area (Å²) in [4.78, 5) is 3.73. The highest BCUT2D eigenvalue weighted by Gasteiger charge is 2.06. The van der Waals surface area contributed by atoms with Crippen LogP contribution in [0.5, 0.6) is 5.75 Å². The number of hydrogen-bond donors (Lipinski definition) is 1. The molecule has 0 bridgehead atoms. The van der Waals surface area contributed by atoms with Gasteiger partial charge < -0.3 is 5.11 Å². The van der Waals surface area contributed by atoms with Crippen LogP contribution in [0.2, 0.25) is 5.02 Å². The topological polar surface area (TPSA) is 33.1 Å². The highest BCUT2D eigenvalue weighted by atomic mass is 35.5. The van der Waals surface area contributed by atoms with Crippen molar-refractivity contribution in [3.63, 3.8) is 0 Å². The monoisotopic (exact) mass is 197 g/mol. The van der Waals surface area contributed by atoms with Crippen LogP contribution in [0.15, 0.2) is 24.4 Å². The third kappa shape index (κ3) is 1.31. The molecule has 2 rings (SSSR count). The highest BCUT2D eigenvalue weighted by Crippen LogP contribution is 2.24. The van der Waals surface area contributed by atoms with Gasteiger partial charge in [0.05, 0.1) is 11.2 Å². The molecule has 66 valence electrons. The van der Waals surface area contributed by atoms with E-state index in [2.05, 4.69) is 4.98 Å². The minimum atomic E-state index is -0.556. The Bertz CT molecular complexity index is 472.